The van der Waals surface area contributed by atoms with E-state index in [9.17, 15) is 9.90 Å². The fraction of sp³-hybridized carbons (Fsp3) is 0.500. The fourth-order valence-corrected chi connectivity index (χ4v) is 2.75. The number of carbonyl (C=O) groups excluding carboxylic acids is 1. The van der Waals surface area contributed by atoms with Gasteiger partial charge in [0.05, 0.1) is 6.10 Å². The zero-order valence-electron chi connectivity index (χ0n) is 12.9. The van der Waals surface area contributed by atoms with Crippen molar-refractivity contribution >= 4 is 5.91 Å². The van der Waals surface area contributed by atoms with E-state index in [4.69, 9.17) is 0 Å². The molecule has 1 aromatic carbocycles. The Morgan fingerprint density at radius 2 is 2.00 bits per heavy atom. The number of rotatable bonds is 7. The zero-order chi connectivity index (χ0) is 15.5. The second-order valence-electron chi connectivity index (χ2n) is 6.46. The summed E-state index contributed by atoms with van der Waals surface area (Å²) in [5.74, 6) is -0.0169. The standard InChI is InChI=1S/C18H25NO2/c1-13(2)11-14(3)17(21)19-12-18(9-10-18)16(20)15-7-5-4-6-8-15/h4-8,14,16,20H,1,9-12H2,2-3H3,(H,19,21)/t14-,16-/m1/s1. The van der Waals surface area contributed by atoms with Gasteiger partial charge in [0.2, 0.25) is 5.91 Å². The minimum atomic E-state index is -0.504. The third kappa shape index (κ3) is 3.94. The molecule has 2 rings (SSSR count). The number of hydrogen-bond donors (Lipinski definition) is 2. The van der Waals surface area contributed by atoms with Crippen molar-refractivity contribution in [2.24, 2.45) is 11.3 Å². The van der Waals surface area contributed by atoms with Crippen molar-refractivity contribution in [1.29, 1.82) is 0 Å². The van der Waals surface area contributed by atoms with Crippen LogP contribution in [0, 0.1) is 11.3 Å². The smallest absolute Gasteiger partial charge is 0.223 e. The number of amides is 1. The first-order valence-electron chi connectivity index (χ1n) is 7.60. The Morgan fingerprint density at radius 3 is 2.52 bits per heavy atom. The molecule has 0 heterocycles. The summed E-state index contributed by atoms with van der Waals surface area (Å²) in [7, 11) is 0. The van der Waals surface area contributed by atoms with Crippen LogP contribution in [-0.2, 0) is 4.79 Å². The predicted molar refractivity (Wildman–Crippen MR) is 84.7 cm³/mol. The minimum absolute atomic E-state index is 0.0459. The Balaban J connectivity index is 1.90. The van der Waals surface area contributed by atoms with Crippen LogP contribution in [0.15, 0.2) is 42.5 Å². The van der Waals surface area contributed by atoms with E-state index >= 15 is 0 Å². The highest BCUT2D eigenvalue weighted by Crippen LogP contribution is 2.54. The highest BCUT2D eigenvalue weighted by Gasteiger charge is 2.49. The number of aliphatic hydroxyl groups excluding tert-OH is 1. The van der Waals surface area contributed by atoms with Crippen LogP contribution < -0.4 is 5.32 Å². The summed E-state index contributed by atoms with van der Waals surface area (Å²) in [4.78, 5) is 12.1. The van der Waals surface area contributed by atoms with Crippen LogP contribution in [0.4, 0.5) is 0 Å². The van der Waals surface area contributed by atoms with Crippen molar-refractivity contribution in [2.45, 2.75) is 39.2 Å². The molecule has 0 spiro atoms. The number of hydrogen-bond acceptors (Lipinski definition) is 2. The maximum Gasteiger partial charge on any atom is 0.223 e. The maximum atomic E-state index is 12.1. The van der Waals surface area contributed by atoms with Gasteiger partial charge >= 0.3 is 0 Å². The van der Waals surface area contributed by atoms with E-state index in [0.717, 1.165) is 24.0 Å². The Kier molecular flexibility index (Phi) is 4.84. The molecule has 21 heavy (non-hydrogen) atoms. The van der Waals surface area contributed by atoms with Gasteiger partial charge in [0, 0.05) is 17.9 Å². The lowest BCUT2D eigenvalue weighted by Crippen LogP contribution is -2.36. The Morgan fingerprint density at radius 1 is 1.38 bits per heavy atom. The highest BCUT2D eigenvalue weighted by atomic mass is 16.3. The van der Waals surface area contributed by atoms with E-state index in [-0.39, 0.29) is 17.2 Å². The van der Waals surface area contributed by atoms with Crippen LogP contribution in [-0.4, -0.2) is 17.6 Å². The van der Waals surface area contributed by atoms with Gasteiger partial charge in [0.1, 0.15) is 0 Å². The molecular weight excluding hydrogens is 262 g/mol. The molecular formula is C18H25NO2. The molecule has 114 valence electrons. The normalized spacial score (nSPS) is 18.6. The second kappa shape index (κ2) is 6.44. The molecule has 3 nitrogen and oxygen atoms in total. The Labute approximate surface area is 127 Å². The molecule has 1 aliphatic rings. The first kappa shape index (κ1) is 15.8. The second-order valence-corrected chi connectivity index (χ2v) is 6.46. The molecule has 0 saturated heterocycles. The van der Waals surface area contributed by atoms with Gasteiger partial charge in [-0.2, -0.15) is 0 Å². The molecule has 0 bridgehead atoms. The number of carbonyl (C=O) groups is 1. The van der Waals surface area contributed by atoms with Crippen LogP contribution >= 0.6 is 0 Å². The van der Waals surface area contributed by atoms with Gasteiger partial charge in [-0.25, -0.2) is 0 Å². The van der Waals surface area contributed by atoms with Crippen LogP contribution in [0.3, 0.4) is 0 Å². The average molecular weight is 287 g/mol. The van der Waals surface area contributed by atoms with Gasteiger partial charge in [-0.3, -0.25) is 4.79 Å². The van der Waals surface area contributed by atoms with Crippen molar-refractivity contribution in [3.05, 3.63) is 48.0 Å². The fourth-order valence-electron chi connectivity index (χ4n) is 2.75. The molecule has 0 radical (unpaired) electrons. The van der Waals surface area contributed by atoms with Crippen molar-refractivity contribution in [1.82, 2.24) is 5.32 Å². The third-order valence-corrected chi connectivity index (χ3v) is 4.30. The lowest BCUT2D eigenvalue weighted by molar-refractivity contribution is -0.125. The number of allylic oxidation sites excluding steroid dienone is 1. The van der Waals surface area contributed by atoms with Crippen LogP contribution in [0.1, 0.15) is 44.8 Å². The quantitative estimate of drug-likeness (QED) is 0.757. The van der Waals surface area contributed by atoms with Gasteiger partial charge in [0.15, 0.2) is 0 Å². The summed E-state index contributed by atoms with van der Waals surface area (Å²) in [6, 6.07) is 9.69. The molecule has 3 heteroatoms. The summed E-state index contributed by atoms with van der Waals surface area (Å²) in [6.07, 6.45) is 2.12. The molecule has 1 aliphatic carbocycles. The zero-order valence-corrected chi connectivity index (χ0v) is 12.9. The minimum Gasteiger partial charge on any atom is -0.388 e. The molecule has 0 aliphatic heterocycles. The number of benzene rings is 1. The van der Waals surface area contributed by atoms with E-state index in [1.54, 1.807) is 0 Å². The lowest BCUT2D eigenvalue weighted by atomic mass is 9.92. The van der Waals surface area contributed by atoms with Crippen LogP contribution in [0.5, 0.6) is 0 Å². The van der Waals surface area contributed by atoms with E-state index in [1.807, 2.05) is 44.2 Å². The van der Waals surface area contributed by atoms with Crippen molar-refractivity contribution in [3.63, 3.8) is 0 Å². The largest absolute Gasteiger partial charge is 0.388 e. The Bertz CT molecular complexity index is 505. The molecule has 1 saturated carbocycles. The van der Waals surface area contributed by atoms with Crippen LogP contribution in [0.25, 0.3) is 0 Å². The topological polar surface area (TPSA) is 49.3 Å². The Hall–Kier alpha value is -1.61. The molecule has 1 aromatic rings. The average Bonchev–Trinajstić information content (AvgIpc) is 3.25. The van der Waals surface area contributed by atoms with Gasteiger partial charge in [0.25, 0.3) is 0 Å². The number of nitrogens with one attached hydrogen (secondary N) is 1. The monoisotopic (exact) mass is 287 g/mol. The van der Waals surface area contributed by atoms with E-state index in [1.165, 1.54) is 0 Å². The van der Waals surface area contributed by atoms with Gasteiger partial charge in [-0.05, 0) is 31.7 Å². The van der Waals surface area contributed by atoms with Crippen LogP contribution in [0.2, 0.25) is 0 Å². The SMILES string of the molecule is C=C(C)C[C@@H](C)C(=O)NCC1([C@H](O)c2ccccc2)CC1. The van der Waals surface area contributed by atoms with Crippen molar-refractivity contribution < 1.29 is 9.90 Å². The first-order chi connectivity index (χ1) is 9.94. The summed E-state index contributed by atoms with van der Waals surface area (Å²) in [5, 5.41) is 13.5. The summed E-state index contributed by atoms with van der Waals surface area (Å²) in [5.41, 5.74) is 1.77. The maximum absolute atomic E-state index is 12.1. The van der Waals surface area contributed by atoms with Gasteiger partial charge < -0.3 is 10.4 Å². The molecule has 2 atom stereocenters. The van der Waals surface area contributed by atoms with Crippen molar-refractivity contribution in [2.75, 3.05) is 6.54 Å². The van der Waals surface area contributed by atoms with E-state index < -0.39 is 6.10 Å². The number of aliphatic hydroxyl groups is 1. The third-order valence-electron chi connectivity index (χ3n) is 4.30. The molecule has 1 fully saturated rings. The van der Waals surface area contributed by atoms with Gasteiger partial charge in [-0.15, -0.1) is 6.58 Å². The highest BCUT2D eigenvalue weighted by molar-refractivity contribution is 5.78. The molecule has 1 amide bonds. The summed E-state index contributed by atoms with van der Waals surface area (Å²) < 4.78 is 0. The lowest BCUT2D eigenvalue weighted by Gasteiger charge is -2.24. The summed E-state index contributed by atoms with van der Waals surface area (Å²) in [6.45, 7) is 8.24. The van der Waals surface area contributed by atoms with Gasteiger partial charge in [-0.1, -0.05) is 42.8 Å². The van der Waals surface area contributed by atoms with Crippen molar-refractivity contribution in [3.8, 4) is 0 Å². The molecule has 0 aromatic heterocycles. The van der Waals surface area contributed by atoms with E-state index in [2.05, 4.69) is 11.9 Å². The van der Waals surface area contributed by atoms with E-state index in [0.29, 0.717) is 13.0 Å². The predicted octanol–water partition coefficient (Wildman–Crippen LogP) is 3.22. The first-order valence-corrected chi connectivity index (χ1v) is 7.60. The summed E-state index contributed by atoms with van der Waals surface area (Å²) >= 11 is 0. The molecule has 0 unspecified atom stereocenters. The molecule has 2 N–H and O–H groups in total.